The van der Waals surface area contributed by atoms with Crippen LogP contribution in [-0.4, -0.2) is 21.6 Å². The lowest BCUT2D eigenvalue weighted by Gasteiger charge is -2.29. The molecule has 0 aliphatic heterocycles. The van der Waals surface area contributed by atoms with E-state index in [0.717, 1.165) is 0 Å². The number of nitrogens with zero attached hydrogens (tertiary/aromatic N) is 1. The van der Waals surface area contributed by atoms with Gasteiger partial charge in [-0.15, -0.1) is 0 Å². The number of aliphatic hydroxyl groups is 1. The van der Waals surface area contributed by atoms with Gasteiger partial charge in [0.25, 0.3) is 0 Å². The van der Waals surface area contributed by atoms with Gasteiger partial charge in [-0.05, 0) is 49.2 Å². The lowest BCUT2D eigenvalue weighted by atomic mass is 9.97. The smallest absolute Gasteiger partial charge is 0.201 e. The summed E-state index contributed by atoms with van der Waals surface area (Å²) in [5.41, 5.74) is 0. The molecule has 0 saturated carbocycles. The van der Waals surface area contributed by atoms with Crippen molar-refractivity contribution >= 4 is 17.4 Å². The SMILES string of the molecule is CC(=O)CC(C)C(O)C(Oc1ccc(Cl)cc1)n1cccc1. The third-order valence-corrected chi connectivity index (χ3v) is 3.73. The van der Waals surface area contributed by atoms with Crippen LogP contribution in [-0.2, 0) is 4.79 Å². The van der Waals surface area contributed by atoms with Crippen LogP contribution >= 0.6 is 11.6 Å². The van der Waals surface area contributed by atoms with Gasteiger partial charge in [0.1, 0.15) is 17.6 Å². The van der Waals surface area contributed by atoms with E-state index in [1.165, 1.54) is 6.92 Å². The van der Waals surface area contributed by atoms with Crippen molar-refractivity contribution in [1.82, 2.24) is 4.57 Å². The summed E-state index contributed by atoms with van der Waals surface area (Å²) in [5, 5.41) is 11.2. The molecule has 0 aliphatic rings. The molecule has 5 heteroatoms. The zero-order chi connectivity index (χ0) is 16.1. The molecule has 1 aromatic heterocycles. The van der Waals surface area contributed by atoms with Crippen molar-refractivity contribution in [3.8, 4) is 5.75 Å². The standard InChI is InChI=1S/C17H20ClNO3/c1-12(11-13(2)20)16(21)17(19-9-3-4-10-19)22-15-7-5-14(18)6-8-15/h3-10,12,16-17,21H,11H2,1-2H3. The van der Waals surface area contributed by atoms with E-state index in [1.807, 2.05) is 31.5 Å². The third kappa shape index (κ3) is 4.36. The highest BCUT2D eigenvalue weighted by molar-refractivity contribution is 6.30. The lowest BCUT2D eigenvalue weighted by Crippen LogP contribution is -2.34. The van der Waals surface area contributed by atoms with E-state index < -0.39 is 12.3 Å². The normalized spacial score (nSPS) is 15.1. The first kappa shape index (κ1) is 16.6. The van der Waals surface area contributed by atoms with Crippen LogP contribution in [0.15, 0.2) is 48.8 Å². The predicted octanol–water partition coefficient (Wildman–Crippen LogP) is 3.70. The minimum Gasteiger partial charge on any atom is -0.467 e. The largest absolute Gasteiger partial charge is 0.467 e. The monoisotopic (exact) mass is 321 g/mol. The van der Waals surface area contributed by atoms with Gasteiger partial charge in [0.15, 0.2) is 0 Å². The van der Waals surface area contributed by atoms with E-state index in [0.29, 0.717) is 17.2 Å². The Bertz CT molecular complexity index is 595. The minimum atomic E-state index is -0.813. The molecular formula is C17H20ClNO3. The van der Waals surface area contributed by atoms with Crippen LogP contribution in [0, 0.1) is 5.92 Å². The van der Waals surface area contributed by atoms with Gasteiger partial charge in [0.2, 0.25) is 6.23 Å². The molecule has 0 radical (unpaired) electrons. The van der Waals surface area contributed by atoms with E-state index in [9.17, 15) is 9.90 Å². The maximum Gasteiger partial charge on any atom is 0.201 e. The third-order valence-electron chi connectivity index (χ3n) is 3.48. The van der Waals surface area contributed by atoms with Crippen LogP contribution in [0.4, 0.5) is 0 Å². The van der Waals surface area contributed by atoms with Gasteiger partial charge in [-0.1, -0.05) is 18.5 Å². The van der Waals surface area contributed by atoms with Crippen LogP contribution in [0.25, 0.3) is 0 Å². The first-order chi connectivity index (χ1) is 10.5. The van der Waals surface area contributed by atoms with E-state index in [2.05, 4.69) is 0 Å². The Hall–Kier alpha value is -1.78. The van der Waals surface area contributed by atoms with E-state index in [1.54, 1.807) is 28.8 Å². The highest BCUT2D eigenvalue weighted by Crippen LogP contribution is 2.26. The number of rotatable bonds is 7. The van der Waals surface area contributed by atoms with Gasteiger partial charge in [-0.25, -0.2) is 0 Å². The van der Waals surface area contributed by atoms with Crippen LogP contribution < -0.4 is 4.74 Å². The molecule has 0 spiro atoms. The number of aromatic nitrogens is 1. The Labute approximate surface area is 135 Å². The molecule has 2 aromatic rings. The maximum absolute atomic E-state index is 11.3. The number of ketones is 1. The van der Waals surface area contributed by atoms with Crippen molar-refractivity contribution in [2.75, 3.05) is 0 Å². The van der Waals surface area contributed by atoms with Gasteiger partial charge in [0.05, 0.1) is 0 Å². The number of hydrogen-bond donors (Lipinski definition) is 1. The van der Waals surface area contributed by atoms with E-state index >= 15 is 0 Å². The summed E-state index contributed by atoms with van der Waals surface area (Å²) in [4.78, 5) is 11.3. The van der Waals surface area contributed by atoms with Crippen LogP contribution in [0.5, 0.6) is 5.75 Å². The number of ether oxygens (including phenoxy) is 1. The van der Waals surface area contributed by atoms with Crippen molar-refractivity contribution in [2.24, 2.45) is 5.92 Å². The van der Waals surface area contributed by atoms with Gasteiger partial charge >= 0.3 is 0 Å². The molecule has 0 fully saturated rings. The van der Waals surface area contributed by atoms with Crippen molar-refractivity contribution < 1.29 is 14.6 Å². The fraction of sp³-hybridized carbons (Fsp3) is 0.353. The molecule has 1 aromatic carbocycles. The lowest BCUT2D eigenvalue weighted by molar-refractivity contribution is -0.120. The number of carbonyl (C=O) groups is 1. The molecule has 0 aliphatic carbocycles. The quantitative estimate of drug-likeness (QED) is 0.846. The molecular weight excluding hydrogens is 302 g/mol. The fourth-order valence-electron chi connectivity index (χ4n) is 2.33. The Morgan fingerprint density at radius 1 is 1.27 bits per heavy atom. The first-order valence-electron chi connectivity index (χ1n) is 7.19. The zero-order valence-electron chi connectivity index (χ0n) is 12.6. The Kier molecular flexibility index (Phi) is 5.63. The summed E-state index contributed by atoms with van der Waals surface area (Å²) >= 11 is 5.87. The summed E-state index contributed by atoms with van der Waals surface area (Å²) in [6, 6.07) is 10.7. The molecule has 4 nitrogen and oxygen atoms in total. The van der Waals surface area contributed by atoms with Crippen molar-refractivity contribution in [2.45, 2.75) is 32.6 Å². The molecule has 0 amide bonds. The van der Waals surface area contributed by atoms with Gasteiger partial charge in [-0.2, -0.15) is 0 Å². The Morgan fingerprint density at radius 2 is 1.86 bits per heavy atom. The number of hydrogen-bond acceptors (Lipinski definition) is 3. The average molecular weight is 322 g/mol. The van der Waals surface area contributed by atoms with Crippen LogP contribution in [0.1, 0.15) is 26.5 Å². The zero-order valence-corrected chi connectivity index (χ0v) is 13.4. The van der Waals surface area contributed by atoms with Crippen LogP contribution in [0.3, 0.4) is 0 Å². The highest BCUT2D eigenvalue weighted by Gasteiger charge is 2.28. The van der Waals surface area contributed by atoms with Crippen molar-refractivity contribution in [3.05, 3.63) is 53.8 Å². The molecule has 0 bridgehead atoms. The van der Waals surface area contributed by atoms with Gasteiger partial charge < -0.3 is 19.2 Å². The summed E-state index contributed by atoms with van der Waals surface area (Å²) in [7, 11) is 0. The molecule has 3 unspecified atom stereocenters. The Morgan fingerprint density at radius 3 is 2.41 bits per heavy atom. The predicted molar refractivity (Wildman–Crippen MR) is 86.0 cm³/mol. The number of halogens is 1. The molecule has 1 heterocycles. The summed E-state index contributed by atoms with van der Waals surface area (Å²) in [5.74, 6) is 0.443. The summed E-state index contributed by atoms with van der Waals surface area (Å²) in [6.45, 7) is 3.36. The maximum atomic E-state index is 11.3. The number of Topliss-reactive ketones (excluding diaryl/α,β-unsaturated/α-hetero) is 1. The Balaban J connectivity index is 2.19. The van der Waals surface area contributed by atoms with Gasteiger partial charge in [-0.3, -0.25) is 0 Å². The molecule has 3 atom stereocenters. The van der Waals surface area contributed by atoms with E-state index in [4.69, 9.17) is 16.3 Å². The summed E-state index contributed by atoms with van der Waals surface area (Å²) < 4.78 is 7.71. The molecule has 22 heavy (non-hydrogen) atoms. The minimum absolute atomic E-state index is 0.0456. The van der Waals surface area contributed by atoms with Crippen molar-refractivity contribution in [1.29, 1.82) is 0 Å². The number of carbonyl (C=O) groups excluding carboxylic acids is 1. The van der Waals surface area contributed by atoms with Crippen molar-refractivity contribution in [3.63, 3.8) is 0 Å². The molecule has 0 saturated heterocycles. The second kappa shape index (κ2) is 7.47. The molecule has 1 N–H and O–H groups in total. The van der Waals surface area contributed by atoms with Gasteiger partial charge in [0, 0.05) is 23.8 Å². The second-order valence-electron chi connectivity index (χ2n) is 5.47. The average Bonchev–Trinajstić information content (AvgIpc) is 2.99. The second-order valence-corrected chi connectivity index (χ2v) is 5.90. The molecule has 118 valence electrons. The first-order valence-corrected chi connectivity index (χ1v) is 7.57. The topological polar surface area (TPSA) is 51.5 Å². The fourth-order valence-corrected chi connectivity index (χ4v) is 2.46. The van der Waals surface area contributed by atoms with E-state index in [-0.39, 0.29) is 11.7 Å². The summed E-state index contributed by atoms with van der Waals surface area (Å²) in [6.07, 6.45) is 2.54. The van der Waals surface area contributed by atoms with Crippen LogP contribution in [0.2, 0.25) is 5.02 Å². The highest BCUT2D eigenvalue weighted by atomic mass is 35.5. The molecule has 2 rings (SSSR count). The number of benzene rings is 1. The number of aliphatic hydroxyl groups excluding tert-OH is 1.